The van der Waals surface area contributed by atoms with Crippen LogP contribution in [0.1, 0.15) is 25.3 Å². The second-order valence-electron chi connectivity index (χ2n) is 6.63. The quantitative estimate of drug-likeness (QED) is 0.307. The highest BCUT2D eigenvalue weighted by atomic mass is 15.3. The Morgan fingerprint density at radius 2 is 1.81 bits per heavy atom. The van der Waals surface area contributed by atoms with Gasteiger partial charge in [0.25, 0.3) is 0 Å². The van der Waals surface area contributed by atoms with E-state index in [9.17, 15) is 0 Å². The zero-order chi connectivity index (χ0) is 18.5. The first-order chi connectivity index (χ1) is 12.8. The van der Waals surface area contributed by atoms with Gasteiger partial charge in [0.1, 0.15) is 0 Å². The molecule has 5 nitrogen and oxygen atoms in total. The minimum Gasteiger partial charge on any atom is -0.357 e. The summed E-state index contributed by atoms with van der Waals surface area (Å²) < 4.78 is 0. The van der Waals surface area contributed by atoms with Gasteiger partial charge in [0.2, 0.25) is 0 Å². The fourth-order valence-corrected chi connectivity index (χ4v) is 3.13. The number of hydrogen-bond acceptors (Lipinski definition) is 3. The lowest BCUT2D eigenvalue weighted by Gasteiger charge is -2.34. The molecule has 0 aromatic heterocycles. The molecule has 1 aromatic carbocycles. The maximum absolute atomic E-state index is 5.28. The topological polar surface area (TPSA) is 42.9 Å². The summed E-state index contributed by atoms with van der Waals surface area (Å²) >= 11 is 0. The summed E-state index contributed by atoms with van der Waals surface area (Å²) in [6.07, 6.45) is 7.58. The molecule has 1 aromatic rings. The van der Waals surface area contributed by atoms with Crippen LogP contribution in [-0.4, -0.2) is 68.1 Å². The first-order valence-electron chi connectivity index (χ1n) is 9.76. The number of hydrogen-bond donors (Lipinski definition) is 2. The molecule has 1 aliphatic rings. The molecule has 1 aliphatic heterocycles. The highest BCUT2D eigenvalue weighted by Crippen LogP contribution is 2.09. The van der Waals surface area contributed by atoms with E-state index in [-0.39, 0.29) is 0 Å². The number of nitrogens with one attached hydrogen (secondary N) is 2. The highest BCUT2D eigenvalue weighted by Gasteiger charge is 2.16. The predicted molar refractivity (Wildman–Crippen MR) is 110 cm³/mol. The van der Waals surface area contributed by atoms with Crippen molar-refractivity contribution in [2.75, 3.05) is 52.4 Å². The van der Waals surface area contributed by atoms with Crippen molar-refractivity contribution in [3.05, 3.63) is 35.9 Å². The molecule has 0 atom stereocenters. The van der Waals surface area contributed by atoms with Crippen molar-refractivity contribution in [3.8, 4) is 12.3 Å². The van der Waals surface area contributed by atoms with Crippen LogP contribution < -0.4 is 10.6 Å². The third kappa shape index (κ3) is 7.90. The SMILES string of the molecule is C#CCNC(=NCCCCN1CCN(Cc2ccccc2)CC1)NCC. The summed E-state index contributed by atoms with van der Waals surface area (Å²) in [5, 5.41) is 6.33. The van der Waals surface area contributed by atoms with Gasteiger partial charge in [-0.3, -0.25) is 9.89 Å². The fourth-order valence-electron chi connectivity index (χ4n) is 3.13. The molecule has 142 valence electrons. The molecule has 0 bridgehead atoms. The minimum atomic E-state index is 0.513. The lowest BCUT2D eigenvalue weighted by molar-refractivity contribution is 0.126. The van der Waals surface area contributed by atoms with Crippen LogP contribution in [0.25, 0.3) is 0 Å². The van der Waals surface area contributed by atoms with Gasteiger partial charge in [-0.15, -0.1) is 6.42 Å². The van der Waals surface area contributed by atoms with Crippen molar-refractivity contribution in [2.24, 2.45) is 4.99 Å². The number of piperazine rings is 1. The Balaban J connectivity index is 1.57. The van der Waals surface area contributed by atoms with Crippen molar-refractivity contribution in [3.63, 3.8) is 0 Å². The van der Waals surface area contributed by atoms with Crippen LogP contribution in [0.2, 0.25) is 0 Å². The van der Waals surface area contributed by atoms with Gasteiger partial charge >= 0.3 is 0 Å². The molecule has 26 heavy (non-hydrogen) atoms. The van der Waals surface area contributed by atoms with E-state index in [0.717, 1.165) is 45.1 Å². The van der Waals surface area contributed by atoms with Crippen LogP contribution in [0.15, 0.2) is 35.3 Å². The van der Waals surface area contributed by atoms with Gasteiger partial charge in [0.05, 0.1) is 6.54 Å². The monoisotopic (exact) mass is 355 g/mol. The van der Waals surface area contributed by atoms with Crippen molar-refractivity contribution >= 4 is 5.96 Å². The van der Waals surface area contributed by atoms with Crippen LogP contribution in [0.3, 0.4) is 0 Å². The summed E-state index contributed by atoms with van der Waals surface area (Å²) in [5.74, 6) is 3.40. The second-order valence-corrected chi connectivity index (χ2v) is 6.63. The Morgan fingerprint density at radius 1 is 1.08 bits per heavy atom. The minimum absolute atomic E-state index is 0.513. The maximum atomic E-state index is 5.28. The molecule has 5 heteroatoms. The lowest BCUT2D eigenvalue weighted by Crippen LogP contribution is -2.46. The zero-order valence-corrected chi connectivity index (χ0v) is 16.1. The molecule has 0 amide bonds. The van der Waals surface area contributed by atoms with E-state index in [2.05, 4.69) is 68.6 Å². The lowest BCUT2D eigenvalue weighted by atomic mass is 10.2. The van der Waals surface area contributed by atoms with Crippen molar-refractivity contribution < 1.29 is 0 Å². The number of aliphatic imine (C=N–C) groups is 1. The summed E-state index contributed by atoms with van der Waals surface area (Å²) in [6, 6.07) is 10.8. The maximum Gasteiger partial charge on any atom is 0.192 e. The van der Waals surface area contributed by atoms with E-state index < -0.39 is 0 Å². The van der Waals surface area contributed by atoms with Crippen LogP contribution in [-0.2, 0) is 6.54 Å². The Labute approximate surface area is 158 Å². The summed E-state index contributed by atoms with van der Waals surface area (Å²) in [5.41, 5.74) is 1.41. The number of guanidine groups is 1. The summed E-state index contributed by atoms with van der Waals surface area (Å²) in [7, 11) is 0. The molecule has 2 rings (SSSR count). The predicted octanol–water partition coefficient (Wildman–Crippen LogP) is 1.77. The van der Waals surface area contributed by atoms with Crippen LogP contribution in [0.4, 0.5) is 0 Å². The molecule has 0 radical (unpaired) electrons. The molecular formula is C21H33N5. The Kier molecular flexibility index (Phi) is 9.63. The van der Waals surface area contributed by atoms with Crippen molar-refractivity contribution in [1.29, 1.82) is 0 Å². The zero-order valence-electron chi connectivity index (χ0n) is 16.1. The van der Waals surface area contributed by atoms with E-state index in [1.807, 2.05) is 0 Å². The third-order valence-corrected chi connectivity index (χ3v) is 4.57. The van der Waals surface area contributed by atoms with Crippen LogP contribution >= 0.6 is 0 Å². The number of rotatable bonds is 9. The molecule has 0 spiro atoms. The van der Waals surface area contributed by atoms with E-state index >= 15 is 0 Å². The van der Waals surface area contributed by atoms with E-state index in [4.69, 9.17) is 6.42 Å². The average molecular weight is 356 g/mol. The Morgan fingerprint density at radius 3 is 2.50 bits per heavy atom. The van der Waals surface area contributed by atoms with Crippen molar-refractivity contribution in [1.82, 2.24) is 20.4 Å². The molecule has 1 saturated heterocycles. The van der Waals surface area contributed by atoms with Gasteiger partial charge in [0, 0.05) is 45.8 Å². The number of unbranched alkanes of at least 4 members (excludes halogenated alkanes) is 1. The van der Waals surface area contributed by atoms with Gasteiger partial charge < -0.3 is 15.5 Å². The molecular weight excluding hydrogens is 322 g/mol. The molecule has 1 heterocycles. The number of terminal acetylenes is 1. The van der Waals surface area contributed by atoms with E-state index in [1.165, 1.54) is 31.6 Å². The first-order valence-corrected chi connectivity index (χ1v) is 9.76. The van der Waals surface area contributed by atoms with Crippen LogP contribution in [0.5, 0.6) is 0 Å². The second kappa shape index (κ2) is 12.3. The van der Waals surface area contributed by atoms with Gasteiger partial charge in [-0.1, -0.05) is 36.3 Å². The third-order valence-electron chi connectivity index (χ3n) is 4.57. The molecule has 2 N–H and O–H groups in total. The smallest absolute Gasteiger partial charge is 0.192 e. The molecule has 0 saturated carbocycles. The standard InChI is InChI=1S/C21H33N5/c1-3-12-23-21(22-4-2)24-13-8-9-14-25-15-17-26(18-16-25)19-20-10-6-5-7-11-20/h1,5-7,10-11H,4,8-9,12-19H2,2H3,(H2,22,23,24). The fraction of sp³-hybridized carbons (Fsp3) is 0.571. The normalized spacial score (nSPS) is 16.2. The van der Waals surface area contributed by atoms with E-state index in [1.54, 1.807) is 0 Å². The van der Waals surface area contributed by atoms with E-state index in [0.29, 0.717) is 6.54 Å². The number of nitrogens with zero attached hydrogens (tertiary/aromatic N) is 3. The van der Waals surface area contributed by atoms with Crippen LogP contribution in [0, 0.1) is 12.3 Å². The molecule has 0 unspecified atom stereocenters. The molecule has 1 fully saturated rings. The summed E-state index contributed by atoms with van der Waals surface area (Å²) in [4.78, 5) is 9.69. The van der Waals surface area contributed by atoms with Gasteiger partial charge in [-0.05, 0) is 31.9 Å². The first kappa shape index (κ1) is 20.3. The van der Waals surface area contributed by atoms with Gasteiger partial charge in [-0.25, -0.2) is 0 Å². The Hall–Kier alpha value is -2.03. The number of benzene rings is 1. The van der Waals surface area contributed by atoms with Gasteiger partial charge in [0.15, 0.2) is 5.96 Å². The van der Waals surface area contributed by atoms with Gasteiger partial charge in [-0.2, -0.15) is 0 Å². The largest absolute Gasteiger partial charge is 0.357 e. The Bertz CT molecular complexity index is 556. The highest BCUT2D eigenvalue weighted by molar-refractivity contribution is 5.79. The van der Waals surface area contributed by atoms with Crippen molar-refractivity contribution in [2.45, 2.75) is 26.3 Å². The average Bonchev–Trinajstić information content (AvgIpc) is 2.68. The summed E-state index contributed by atoms with van der Waals surface area (Å²) in [6.45, 7) is 11.2. The molecule has 0 aliphatic carbocycles.